The maximum Gasteiger partial charge on any atom is 0.0809 e. The lowest BCUT2D eigenvalue weighted by Gasteiger charge is -2.22. The van der Waals surface area contributed by atoms with Crippen molar-refractivity contribution in [2.24, 2.45) is 0 Å². The number of morpholine rings is 1. The van der Waals surface area contributed by atoms with Crippen LogP contribution in [0.15, 0.2) is 0 Å². The highest BCUT2D eigenvalue weighted by molar-refractivity contribution is 4.99. The third-order valence-corrected chi connectivity index (χ3v) is 1.94. The van der Waals surface area contributed by atoms with Gasteiger partial charge >= 0.3 is 0 Å². The van der Waals surface area contributed by atoms with E-state index >= 15 is 0 Å². The number of hydrogen-bond acceptors (Lipinski definition) is 2. The first-order valence-corrected chi connectivity index (χ1v) is 4.26. The number of nitrogens with one attached hydrogen (secondary N) is 1. The van der Waals surface area contributed by atoms with Crippen LogP contribution in [0.4, 0.5) is 0 Å². The Labute approximate surface area is 63.0 Å². The van der Waals surface area contributed by atoms with E-state index in [4.69, 9.17) is 4.74 Å². The monoisotopic (exact) mass is 143 g/mol. The molecular formula is C8H17NO. The van der Waals surface area contributed by atoms with Crippen LogP contribution in [0.25, 0.3) is 0 Å². The third kappa shape index (κ3) is 1.70. The molecule has 0 aromatic rings. The molecule has 0 bridgehead atoms. The van der Waals surface area contributed by atoms with Gasteiger partial charge in [-0.25, -0.2) is 0 Å². The van der Waals surface area contributed by atoms with Crippen molar-refractivity contribution in [2.45, 2.75) is 32.3 Å². The van der Waals surface area contributed by atoms with Gasteiger partial charge in [-0.3, -0.25) is 0 Å². The Bertz CT molecular complexity index is 91.4. The molecule has 0 amide bonds. The maximum atomic E-state index is 5.51. The Morgan fingerprint density at radius 2 is 2.00 bits per heavy atom. The molecule has 0 aromatic heterocycles. The number of ether oxygens (including phenoxy) is 1. The molecule has 0 aromatic carbocycles. The fourth-order valence-corrected chi connectivity index (χ4v) is 1.17. The van der Waals surface area contributed by atoms with E-state index in [9.17, 15) is 0 Å². The quantitative estimate of drug-likeness (QED) is 0.549. The summed E-state index contributed by atoms with van der Waals surface area (Å²) in [5.74, 6) is 0. The van der Waals surface area contributed by atoms with E-state index in [0.29, 0.717) is 5.60 Å². The molecule has 2 nitrogen and oxygen atoms in total. The first-order valence-electron chi connectivity index (χ1n) is 4.26. The zero-order chi connectivity index (χ0) is 7.45. The summed E-state index contributed by atoms with van der Waals surface area (Å²) in [6.07, 6.45) is 2.56. The number of hydrogen-bond donors (Lipinski definition) is 1. The molecule has 1 heterocycles. The largest absolute Gasteiger partial charge is 0.372 e. The average Bonchev–Trinajstić information content (AvgIpc) is 2.75. The Kier molecular flexibility index (Phi) is 2.69. The highest BCUT2D eigenvalue weighted by Gasteiger charge is 2.44. The second-order valence-corrected chi connectivity index (χ2v) is 2.71. The summed E-state index contributed by atoms with van der Waals surface area (Å²) in [6, 6.07) is 0. The van der Waals surface area contributed by atoms with Gasteiger partial charge in [0.2, 0.25) is 0 Å². The van der Waals surface area contributed by atoms with Gasteiger partial charge in [-0.15, -0.1) is 0 Å². The fourth-order valence-electron chi connectivity index (χ4n) is 1.17. The third-order valence-electron chi connectivity index (χ3n) is 1.94. The molecule has 1 spiro atoms. The van der Waals surface area contributed by atoms with Crippen molar-refractivity contribution < 1.29 is 4.74 Å². The summed E-state index contributed by atoms with van der Waals surface area (Å²) in [5.41, 5.74) is 0.318. The predicted molar refractivity (Wildman–Crippen MR) is 42.1 cm³/mol. The van der Waals surface area contributed by atoms with Crippen LogP contribution in [0.2, 0.25) is 0 Å². The van der Waals surface area contributed by atoms with Crippen molar-refractivity contribution in [3.8, 4) is 0 Å². The zero-order valence-electron chi connectivity index (χ0n) is 6.94. The first-order chi connectivity index (χ1) is 4.91. The Balaban J connectivity index is 0.000000231. The molecule has 2 aliphatic rings. The topological polar surface area (TPSA) is 21.3 Å². The molecule has 0 unspecified atom stereocenters. The van der Waals surface area contributed by atoms with Crippen molar-refractivity contribution in [3.63, 3.8) is 0 Å². The van der Waals surface area contributed by atoms with Crippen LogP contribution < -0.4 is 5.32 Å². The molecule has 0 radical (unpaired) electrons. The summed E-state index contributed by atoms with van der Waals surface area (Å²) in [4.78, 5) is 0. The van der Waals surface area contributed by atoms with E-state index in [0.717, 1.165) is 19.7 Å². The molecule has 60 valence electrons. The van der Waals surface area contributed by atoms with E-state index in [1.54, 1.807) is 0 Å². The van der Waals surface area contributed by atoms with E-state index in [1.165, 1.54) is 12.8 Å². The Morgan fingerprint density at radius 3 is 2.30 bits per heavy atom. The van der Waals surface area contributed by atoms with Crippen molar-refractivity contribution in [3.05, 3.63) is 0 Å². The molecular weight excluding hydrogens is 126 g/mol. The van der Waals surface area contributed by atoms with Crippen molar-refractivity contribution in [2.75, 3.05) is 19.7 Å². The minimum absolute atomic E-state index is 0.318. The first kappa shape index (κ1) is 8.02. The second-order valence-electron chi connectivity index (χ2n) is 2.71. The average molecular weight is 143 g/mol. The summed E-state index contributed by atoms with van der Waals surface area (Å²) >= 11 is 0. The van der Waals surface area contributed by atoms with Gasteiger partial charge in [-0.1, -0.05) is 13.8 Å². The van der Waals surface area contributed by atoms with Gasteiger partial charge < -0.3 is 10.1 Å². The Hall–Kier alpha value is -0.0800. The minimum Gasteiger partial charge on any atom is -0.372 e. The van der Waals surface area contributed by atoms with Crippen molar-refractivity contribution >= 4 is 0 Å². The highest BCUT2D eigenvalue weighted by Crippen LogP contribution is 2.39. The molecule has 1 saturated carbocycles. The van der Waals surface area contributed by atoms with Crippen LogP contribution in [0.1, 0.15) is 26.7 Å². The molecule has 1 N–H and O–H groups in total. The van der Waals surface area contributed by atoms with E-state index in [1.807, 2.05) is 13.8 Å². The van der Waals surface area contributed by atoms with Gasteiger partial charge in [0, 0.05) is 13.1 Å². The lowest BCUT2D eigenvalue weighted by Crippen LogP contribution is -2.39. The highest BCUT2D eigenvalue weighted by atomic mass is 16.5. The predicted octanol–water partition coefficient (Wildman–Crippen LogP) is 1.16. The van der Waals surface area contributed by atoms with Crippen molar-refractivity contribution in [1.29, 1.82) is 0 Å². The minimum atomic E-state index is 0.318. The van der Waals surface area contributed by atoms with E-state index in [2.05, 4.69) is 5.32 Å². The van der Waals surface area contributed by atoms with Crippen LogP contribution >= 0.6 is 0 Å². The molecule has 2 fully saturated rings. The SMILES string of the molecule is C1COC2(CC2)CN1.CC. The van der Waals surface area contributed by atoms with Gasteiger partial charge in [-0.05, 0) is 12.8 Å². The molecule has 2 rings (SSSR count). The lowest BCUT2D eigenvalue weighted by atomic mass is 10.3. The smallest absolute Gasteiger partial charge is 0.0809 e. The second kappa shape index (κ2) is 3.35. The van der Waals surface area contributed by atoms with E-state index < -0.39 is 0 Å². The normalized spacial score (nSPS) is 27.0. The summed E-state index contributed by atoms with van der Waals surface area (Å²) in [7, 11) is 0. The number of rotatable bonds is 0. The summed E-state index contributed by atoms with van der Waals surface area (Å²) < 4.78 is 5.51. The molecule has 1 saturated heterocycles. The van der Waals surface area contributed by atoms with Gasteiger partial charge in [0.25, 0.3) is 0 Å². The van der Waals surface area contributed by atoms with Crippen LogP contribution in [-0.2, 0) is 4.74 Å². The molecule has 0 atom stereocenters. The van der Waals surface area contributed by atoms with Crippen LogP contribution in [0.3, 0.4) is 0 Å². The standard InChI is InChI=1S/C6H11NO.C2H6/c1-2-6(1)5-7-3-4-8-6;1-2/h7H,1-5H2;1-2H3. The summed E-state index contributed by atoms with van der Waals surface area (Å²) in [5, 5.41) is 3.31. The van der Waals surface area contributed by atoms with Gasteiger partial charge in [0.15, 0.2) is 0 Å². The van der Waals surface area contributed by atoms with Crippen LogP contribution in [0.5, 0.6) is 0 Å². The van der Waals surface area contributed by atoms with Gasteiger partial charge in [0.1, 0.15) is 0 Å². The van der Waals surface area contributed by atoms with Gasteiger partial charge in [-0.2, -0.15) is 0 Å². The molecule has 1 aliphatic carbocycles. The molecule has 1 aliphatic heterocycles. The lowest BCUT2D eigenvalue weighted by molar-refractivity contribution is 0.00884. The summed E-state index contributed by atoms with van der Waals surface area (Å²) in [6.45, 7) is 7.05. The van der Waals surface area contributed by atoms with Crippen LogP contribution in [0, 0.1) is 0 Å². The molecule has 2 heteroatoms. The van der Waals surface area contributed by atoms with E-state index in [-0.39, 0.29) is 0 Å². The van der Waals surface area contributed by atoms with Crippen LogP contribution in [-0.4, -0.2) is 25.3 Å². The zero-order valence-corrected chi connectivity index (χ0v) is 6.94. The van der Waals surface area contributed by atoms with Crippen molar-refractivity contribution in [1.82, 2.24) is 5.32 Å². The fraction of sp³-hybridized carbons (Fsp3) is 1.00. The van der Waals surface area contributed by atoms with Gasteiger partial charge in [0.05, 0.1) is 12.2 Å². The Morgan fingerprint density at radius 1 is 1.30 bits per heavy atom. The maximum absolute atomic E-state index is 5.51. The molecule has 10 heavy (non-hydrogen) atoms.